The molecule has 0 bridgehead atoms. The number of nitrogens with two attached hydrogens (primary N) is 2. The maximum atomic E-state index is 12.3. The largest absolute Gasteiger partial charge is 0.366 e. The van der Waals surface area contributed by atoms with Gasteiger partial charge in [-0.05, 0) is 37.9 Å². The Bertz CT molecular complexity index is 558. The number of carbonyl (C=O) groups excluding carboxylic acids is 2. The van der Waals surface area contributed by atoms with Crippen LogP contribution in [0.3, 0.4) is 0 Å². The lowest BCUT2D eigenvalue weighted by atomic mass is 10.0. The summed E-state index contributed by atoms with van der Waals surface area (Å²) in [5.74, 6) is -0.781. The molecular weight excluding hydrogens is 326 g/mol. The van der Waals surface area contributed by atoms with Crippen molar-refractivity contribution in [2.75, 3.05) is 13.1 Å². The highest BCUT2D eigenvalue weighted by molar-refractivity contribution is 6.07. The van der Waals surface area contributed by atoms with Gasteiger partial charge in [0.15, 0.2) is 0 Å². The summed E-state index contributed by atoms with van der Waals surface area (Å²) in [5.41, 5.74) is 12.3. The van der Waals surface area contributed by atoms with Crippen molar-refractivity contribution in [1.29, 1.82) is 0 Å². The Kier molecular flexibility index (Phi) is 11.4. The molecule has 26 heavy (non-hydrogen) atoms. The molecular formula is C21H35N3O2. The first kappa shape index (κ1) is 22.2. The molecule has 0 saturated carbocycles. The molecule has 0 aromatic heterocycles. The molecule has 0 aliphatic rings. The van der Waals surface area contributed by atoms with Crippen molar-refractivity contribution in [2.24, 2.45) is 11.5 Å². The Morgan fingerprint density at radius 2 is 1.42 bits per heavy atom. The van der Waals surface area contributed by atoms with E-state index in [1.807, 2.05) is 13.0 Å². The van der Waals surface area contributed by atoms with Gasteiger partial charge in [0.1, 0.15) is 0 Å². The van der Waals surface area contributed by atoms with E-state index in [0.717, 1.165) is 31.4 Å². The number of aryl methyl sites for hydroxylation is 1. The quantitative estimate of drug-likeness (QED) is 0.441. The first-order chi connectivity index (χ1) is 12.6. The molecule has 0 fully saturated rings. The van der Waals surface area contributed by atoms with Crippen LogP contribution >= 0.6 is 0 Å². The van der Waals surface area contributed by atoms with Crippen LogP contribution in [0.1, 0.15) is 90.5 Å². The fourth-order valence-corrected chi connectivity index (χ4v) is 3.15. The standard InChI is InChI=1S/C21H35N3O2/c1-17-13-12-14-18(20(23)25)19(17)21(26)24-16-11-9-7-5-3-2-4-6-8-10-15-22/h12-14H,2-11,15-16,22H2,1H3,(H2,23,25)(H,24,26). The molecule has 146 valence electrons. The molecule has 1 aromatic rings. The van der Waals surface area contributed by atoms with E-state index in [9.17, 15) is 9.59 Å². The topological polar surface area (TPSA) is 98.2 Å². The smallest absolute Gasteiger partial charge is 0.252 e. The van der Waals surface area contributed by atoms with Crippen LogP contribution in [-0.4, -0.2) is 24.9 Å². The second kappa shape index (κ2) is 13.3. The SMILES string of the molecule is Cc1cccc(C(N)=O)c1C(=O)NCCCCCCCCCCCCN. The lowest BCUT2D eigenvalue weighted by molar-refractivity contribution is 0.0935. The summed E-state index contributed by atoms with van der Waals surface area (Å²) in [7, 11) is 0. The molecule has 0 saturated heterocycles. The van der Waals surface area contributed by atoms with Crippen LogP contribution < -0.4 is 16.8 Å². The van der Waals surface area contributed by atoms with Gasteiger partial charge < -0.3 is 16.8 Å². The van der Waals surface area contributed by atoms with Crippen LogP contribution in [0.25, 0.3) is 0 Å². The molecule has 2 amide bonds. The fraction of sp³-hybridized carbons (Fsp3) is 0.619. The zero-order chi connectivity index (χ0) is 19.2. The van der Waals surface area contributed by atoms with E-state index in [-0.39, 0.29) is 11.5 Å². The average molecular weight is 362 g/mol. The summed E-state index contributed by atoms with van der Waals surface area (Å²) in [6.07, 6.45) is 12.2. The number of primary amides is 1. The van der Waals surface area contributed by atoms with Crippen molar-refractivity contribution in [3.63, 3.8) is 0 Å². The predicted octanol–water partition coefficient (Wildman–Crippen LogP) is 3.68. The minimum atomic E-state index is -0.568. The summed E-state index contributed by atoms with van der Waals surface area (Å²) in [6, 6.07) is 5.15. The third kappa shape index (κ3) is 8.48. The van der Waals surface area contributed by atoms with Crippen LogP contribution in [-0.2, 0) is 0 Å². The van der Waals surface area contributed by atoms with Gasteiger partial charge in [0.2, 0.25) is 5.91 Å². The number of nitrogens with one attached hydrogen (secondary N) is 1. The van der Waals surface area contributed by atoms with E-state index in [2.05, 4.69) is 5.32 Å². The molecule has 5 N–H and O–H groups in total. The van der Waals surface area contributed by atoms with Gasteiger partial charge in [-0.2, -0.15) is 0 Å². The Morgan fingerprint density at radius 1 is 0.885 bits per heavy atom. The van der Waals surface area contributed by atoms with Crippen molar-refractivity contribution in [3.8, 4) is 0 Å². The Balaban J connectivity index is 2.14. The monoisotopic (exact) mass is 361 g/mol. The molecule has 0 heterocycles. The molecule has 0 aliphatic carbocycles. The normalized spacial score (nSPS) is 10.7. The molecule has 0 radical (unpaired) electrons. The zero-order valence-electron chi connectivity index (χ0n) is 16.2. The van der Waals surface area contributed by atoms with E-state index in [1.165, 1.54) is 44.9 Å². The van der Waals surface area contributed by atoms with Gasteiger partial charge in [0.05, 0.1) is 11.1 Å². The second-order valence-corrected chi connectivity index (χ2v) is 6.94. The van der Waals surface area contributed by atoms with Crippen molar-refractivity contribution in [1.82, 2.24) is 5.32 Å². The molecule has 1 rings (SSSR count). The molecule has 0 atom stereocenters. The maximum Gasteiger partial charge on any atom is 0.252 e. The van der Waals surface area contributed by atoms with E-state index in [1.54, 1.807) is 12.1 Å². The van der Waals surface area contributed by atoms with Crippen molar-refractivity contribution in [3.05, 3.63) is 34.9 Å². The molecule has 0 aliphatic heterocycles. The van der Waals surface area contributed by atoms with Gasteiger partial charge >= 0.3 is 0 Å². The van der Waals surface area contributed by atoms with Crippen LogP contribution in [0.2, 0.25) is 0 Å². The van der Waals surface area contributed by atoms with Gasteiger partial charge in [0, 0.05) is 6.54 Å². The minimum absolute atomic E-state index is 0.214. The van der Waals surface area contributed by atoms with Crippen LogP contribution in [0.4, 0.5) is 0 Å². The second-order valence-electron chi connectivity index (χ2n) is 6.94. The van der Waals surface area contributed by atoms with Crippen LogP contribution in [0.5, 0.6) is 0 Å². The van der Waals surface area contributed by atoms with Gasteiger partial charge in [-0.15, -0.1) is 0 Å². The summed E-state index contributed by atoms with van der Waals surface area (Å²) in [6.45, 7) is 3.26. The van der Waals surface area contributed by atoms with Gasteiger partial charge in [-0.25, -0.2) is 0 Å². The molecule has 1 aromatic carbocycles. The average Bonchev–Trinajstić information content (AvgIpc) is 2.62. The highest BCUT2D eigenvalue weighted by Crippen LogP contribution is 2.14. The lowest BCUT2D eigenvalue weighted by Crippen LogP contribution is -2.28. The summed E-state index contributed by atoms with van der Waals surface area (Å²) in [5, 5.41) is 2.91. The van der Waals surface area contributed by atoms with Crippen molar-refractivity contribution in [2.45, 2.75) is 71.1 Å². The van der Waals surface area contributed by atoms with Crippen molar-refractivity contribution >= 4 is 11.8 Å². The molecule has 0 spiro atoms. The Hall–Kier alpha value is -1.88. The van der Waals surface area contributed by atoms with Gasteiger partial charge in [-0.3, -0.25) is 9.59 Å². The van der Waals surface area contributed by atoms with Gasteiger partial charge in [0.25, 0.3) is 5.91 Å². The van der Waals surface area contributed by atoms with E-state index in [4.69, 9.17) is 11.5 Å². The summed E-state index contributed by atoms with van der Waals surface area (Å²) < 4.78 is 0. The number of amides is 2. The molecule has 5 heteroatoms. The Labute approximate surface area is 157 Å². The van der Waals surface area contributed by atoms with Crippen LogP contribution in [0.15, 0.2) is 18.2 Å². The number of carbonyl (C=O) groups is 2. The first-order valence-electron chi connectivity index (χ1n) is 9.95. The van der Waals surface area contributed by atoms with E-state index < -0.39 is 5.91 Å². The highest BCUT2D eigenvalue weighted by atomic mass is 16.2. The number of hydrogen-bond donors (Lipinski definition) is 3. The van der Waals surface area contributed by atoms with E-state index in [0.29, 0.717) is 12.1 Å². The zero-order valence-corrected chi connectivity index (χ0v) is 16.2. The van der Waals surface area contributed by atoms with Crippen molar-refractivity contribution < 1.29 is 9.59 Å². The third-order valence-electron chi connectivity index (χ3n) is 4.68. The first-order valence-corrected chi connectivity index (χ1v) is 9.95. The number of unbranched alkanes of at least 4 members (excludes halogenated alkanes) is 9. The highest BCUT2D eigenvalue weighted by Gasteiger charge is 2.16. The fourth-order valence-electron chi connectivity index (χ4n) is 3.15. The third-order valence-corrected chi connectivity index (χ3v) is 4.68. The molecule has 0 unspecified atom stereocenters. The van der Waals surface area contributed by atoms with Crippen LogP contribution in [0, 0.1) is 6.92 Å². The number of rotatable bonds is 14. The molecule has 5 nitrogen and oxygen atoms in total. The minimum Gasteiger partial charge on any atom is -0.366 e. The number of benzene rings is 1. The Morgan fingerprint density at radius 3 is 1.96 bits per heavy atom. The maximum absolute atomic E-state index is 12.3. The summed E-state index contributed by atoms with van der Waals surface area (Å²) >= 11 is 0. The predicted molar refractivity (Wildman–Crippen MR) is 107 cm³/mol. The van der Waals surface area contributed by atoms with Gasteiger partial charge in [-0.1, -0.05) is 63.5 Å². The lowest BCUT2D eigenvalue weighted by Gasteiger charge is -2.11. The number of hydrogen-bond acceptors (Lipinski definition) is 3. The summed E-state index contributed by atoms with van der Waals surface area (Å²) in [4.78, 5) is 23.8. The van der Waals surface area contributed by atoms with E-state index >= 15 is 0 Å².